The second-order valence-corrected chi connectivity index (χ2v) is 9.00. The highest BCUT2D eigenvalue weighted by Crippen LogP contribution is 2.35. The summed E-state index contributed by atoms with van der Waals surface area (Å²) in [6.07, 6.45) is 3.89. The van der Waals surface area contributed by atoms with Gasteiger partial charge in [-0.25, -0.2) is 9.37 Å². The first-order valence-corrected chi connectivity index (χ1v) is 11.8. The predicted molar refractivity (Wildman–Crippen MR) is 129 cm³/mol. The minimum absolute atomic E-state index is 0.0193. The Balaban J connectivity index is 1.55. The molecule has 1 fully saturated rings. The van der Waals surface area contributed by atoms with E-state index < -0.39 is 11.7 Å². The number of hydrogen-bond donors (Lipinski definition) is 2. The first kappa shape index (κ1) is 22.8. The maximum absolute atomic E-state index is 15.5. The molecule has 0 atom stereocenters. The van der Waals surface area contributed by atoms with Crippen molar-refractivity contribution in [3.05, 3.63) is 70.0 Å². The summed E-state index contributed by atoms with van der Waals surface area (Å²) in [6, 6.07) is 8.26. The van der Waals surface area contributed by atoms with Crippen molar-refractivity contribution in [3.8, 4) is 5.69 Å². The molecular formula is C25H26ClFN4O3. The van der Waals surface area contributed by atoms with Crippen LogP contribution in [0.5, 0.6) is 0 Å². The SMILES string of the molecule is CNc1cc(C(=O)N2CCc3cc(Cl)ccc32)c(F)cc1-n1c(CO)cnc1C1CCOCC1. The van der Waals surface area contributed by atoms with E-state index in [9.17, 15) is 9.90 Å². The van der Waals surface area contributed by atoms with Gasteiger partial charge in [-0.3, -0.25) is 9.36 Å². The quantitative estimate of drug-likeness (QED) is 0.564. The molecule has 3 heterocycles. The Kier molecular flexibility index (Phi) is 6.29. The number of carbonyl (C=O) groups is 1. The van der Waals surface area contributed by atoms with E-state index in [-0.39, 0.29) is 18.1 Å². The van der Waals surface area contributed by atoms with Crippen LogP contribution in [0.1, 0.15) is 46.2 Å². The number of aliphatic hydroxyl groups is 1. The van der Waals surface area contributed by atoms with Gasteiger partial charge in [0.2, 0.25) is 0 Å². The lowest BCUT2D eigenvalue weighted by Gasteiger charge is -2.25. The van der Waals surface area contributed by atoms with Crippen LogP contribution in [0.4, 0.5) is 15.8 Å². The largest absolute Gasteiger partial charge is 0.390 e. The molecule has 0 aliphatic carbocycles. The smallest absolute Gasteiger partial charge is 0.261 e. The van der Waals surface area contributed by atoms with E-state index in [1.165, 1.54) is 12.1 Å². The molecule has 1 amide bonds. The van der Waals surface area contributed by atoms with E-state index in [2.05, 4.69) is 10.3 Å². The van der Waals surface area contributed by atoms with Crippen LogP contribution < -0.4 is 10.2 Å². The highest BCUT2D eigenvalue weighted by atomic mass is 35.5. The minimum Gasteiger partial charge on any atom is -0.390 e. The molecule has 7 nitrogen and oxygen atoms in total. The zero-order valence-corrected chi connectivity index (χ0v) is 19.6. The molecule has 178 valence electrons. The maximum Gasteiger partial charge on any atom is 0.261 e. The number of nitrogens with zero attached hydrogens (tertiary/aromatic N) is 3. The lowest BCUT2D eigenvalue weighted by molar-refractivity contribution is 0.0832. The van der Waals surface area contributed by atoms with Crippen molar-refractivity contribution >= 4 is 28.9 Å². The Hall–Kier alpha value is -2.94. The molecular weight excluding hydrogens is 459 g/mol. The van der Waals surface area contributed by atoms with E-state index in [1.54, 1.807) is 34.8 Å². The molecule has 1 aromatic heterocycles. The maximum atomic E-state index is 15.5. The Labute approximate surface area is 202 Å². The molecule has 2 aromatic carbocycles. The Morgan fingerprint density at radius 1 is 1.26 bits per heavy atom. The van der Waals surface area contributed by atoms with Gasteiger partial charge in [0.1, 0.15) is 11.6 Å². The third kappa shape index (κ3) is 3.96. The van der Waals surface area contributed by atoms with Crippen molar-refractivity contribution in [2.75, 3.05) is 37.0 Å². The van der Waals surface area contributed by atoms with E-state index in [0.29, 0.717) is 48.3 Å². The highest BCUT2D eigenvalue weighted by molar-refractivity contribution is 6.30. The van der Waals surface area contributed by atoms with Gasteiger partial charge < -0.3 is 20.1 Å². The summed E-state index contributed by atoms with van der Waals surface area (Å²) in [4.78, 5) is 19.5. The third-order valence-corrected chi connectivity index (χ3v) is 6.85. The molecule has 0 unspecified atom stereocenters. The molecule has 3 aromatic rings. The zero-order valence-electron chi connectivity index (χ0n) is 18.9. The Morgan fingerprint density at radius 2 is 2.06 bits per heavy atom. The molecule has 2 N–H and O–H groups in total. The third-order valence-electron chi connectivity index (χ3n) is 6.62. The van der Waals surface area contributed by atoms with Gasteiger partial charge in [0.25, 0.3) is 5.91 Å². The molecule has 34 heavy (non-hydrogen) atoms. The number of carbonyl (C=O) groups excluding carboxylic acids is 1. The fraction of sp³-hybridized carbons (Fsp3) is 0.360. The second-order valence-electron chi connectivity index (χ2n) is 8.57. The van der Waals surface area contributed by atoms with Gasteiger partial charge in [-0.2, -0.15) is 0 Å². The first-order chi connectivity index (χ1) is 16.5. The van der Waals surface area contributed by atoms with Crippen molar-refractivity contribution in [1.29, 1.82) is 0 Å². The number of aromatic nitrogens is 2. The van der Waals surface area contributed by atoms with Gasteiger partial charge >= 0.3 is 0 Å². The van der Waals surface area contributed by atoms with Crippen molar-refractivity contribution in [1.82, 2.24) is 9.55 Å². The number of benzene rings is 2. The van der Waals surface area contributed by atoms with Gasteiger partial charge in [0.05, 0.1) is 35.4 Å². The lowest BCUT2D eigenvalue weighted by Crippen LogP contribution is -2.30. The number of aliphatic hydroxyl groups excluding tert-OH is 1. The van der Waals surface area contributed by atoms with Crippen LogP contribution in [0.25, 0.3) is 5.69 Å². The van der Waals surface area contributed by atoms with Gasteiger partial charge in [0.15, 0.2) is 0 Å². The molecule has 9 heteroatoms. The topological polar surface area (TPSA) is 79.6 Å². The van der Waals surface area contributed by atoms with E-state index in [1.807, 2.05) is 6.07 Å². The number of anilines is 2. The lowest BCUT2D eigenvalue weighted by atomic mass is 9.99. The van der Waals surface area contributed by atoms with Crippen LogP contribution in [0, 0.1) is 5.82 Å². The van der Waals surface area contributed by atoms with Crippen molar-refractivity contribution in [2.24, 2.45) is 0 Å². The summed E-state index contributed by atoms with van der Waals surface area (Å²) in [5.74, 6) is -0.139. The molecule has 2 aliphatic heterocycles. The Morgan fingerprint density at radius 3 is 2.79 bits per heavy atom. The van der Waals surface area contributed by atoms with Crippen LogP contribution in [-0.2, 0) is 17.8 Å². The normalized spacial score (nSPS) is 16.1. The van der Waals surface area contributed by atoms with Crippen LogP contribution in [0.3, 0.4) is 0 Å². The number of hydrogen-bond acceptors (Lipinski definition) is 5. The molecule has 0 bridgehead atoms. The summed E-state index contributed by atoms with van der Waals surface area (Å²) < 4.78 is 22.8. The number of nitrogens with one attached hydrogen (secondary N) is 1. The van der Waals surface area contributed by atoms with E-state index in [0.717, 1.165) is 29.9 Å². The summed E-state index contributed by atoms with van der Waals surface area (Å²) >= 11 is 6.09. The average Bonchev–Trinajstić information content (AvgIpc) is 3.47. The predicted octanol–water partition coefficient (Wildman–Crippen LogP) is 4.30. The van der Waals surface area contributed by atoms with E-state index >= 15 is 4.39 Å². The van der Waals surface area contributed by atoms with Crippen LogP contribution in [0.15, 0.2) is 36.5 Å². The summed E-state index contributed by atoms with van der Waals surface area (Å²) in [6.45, 7) is 1.49. The van der Waals surface area contributed by atoms with Crippen molar-refractivity contribution < 1.29 is 19.0 Å². The summed E-state index contributed by atoms with van der Waals surface area (Å²) in [7, 11) is 1.72. The molecule has 2 aliphatic rings. The molecule has 0 radical (unpaired) electrons. The molecule has 0 saturated carbocycles. The van der Waals surface area contributed by atoms with Gasteiger partial charge in [-0.1, -0.05) is 11.6 Å². The Bertz CT molecular complexity index is 1240. The summed E-state index contributed by atoms with van der Waals surface area (Å²) in [5.41, 5.74) is 3.34. The molecule has 1 saturated heterocycles. The number of ether oxygens (including phenoxy) is 1. The fourth-order valence-electron chi connectivity index (χ4n) is 4.88. The number of fused-ring (bicyclic) bond motifs is 1. The van der Waals surface area contributed by atoms with Gasteiger partial charge in [-0.05, 0) is 49.1 Å². The molecule has 0 spiro atoms. The average molecular weight is 485 g/mol. The number of halogens is 2. The summed E-state index contributed by atoms with van der Waals surface area (Å²) in [5, 5.41) is 13.7. The number of imidazole rings is 1. The second kappa shape index (κ2) is 9.37. The standard InChI is InChI=1S/C25H26ClFN4O3/c1-28-21-11-19(25(33)30-7-4-16-10-17(26)2-3-22(16)30)20(27)12-23(21)31-18(14-32)13-29-24(31)15-5-8-34-9-6-15/h2-3,10-13,15,28,32H,4-9,14H2,1H3. The number of amides is 1. The fourth-order valence-corrected chi connectivity index (χ4v) is 5.07. The highest BCUT2D eigenvalue weighted by Gasteiger charge is 2.30. The number of rotatable bonds is 5. The van der Waals surface area contributed by atoms with Gasteiger partial charge in [-0.15, -0.1) is 0 Å². The van der Waals surface area contributed by atoms with Gasteiger partial charge in [0, 0.05) is 49.5 Å². The van der Waals surface area contributed by atoms with Crippen LogP contribution in [0.2, 0.25) is 5.02 Å². The molecule has 5 rings (SSSR count). The minimum atomic E-state index is -0.628. The van der Waals surface area contributed by atoms with Crippen LogP contribution in [-0.4, -0.2) is 47.4 Å². The zero-order chi connectivity index (χ0) is 23.8. The van der Waals surface area contributed by atoms with Crippen LogP contribution >= 0.6 is 11.6 Å². The van der Waals surface area contributed by atoms with Crippen molar-refractivity contribution in [2.45, 2.75) is 31.8 Å². The first-order valence-electron chi connectivity index (χ1n) is 11.4. The van der Waals surface area contributed by atoms with E-state index in [4.69, 9.17) is 16.3 Å². The van der Waals surface area contributed by atoms with Crippen molar-refractivity contribution in [3.63, 3.8) is 0 Å². The monoisotopic (exact) mass is 484 g/mol.